The van der Waals surface area contributed by atoms with Crippen LogP contribution in [-0.4, -0.2) is 72.5 Å². The molecule has 210 valence electrons. The number of hydroxylamine groups is 2. The average molecular weight is 569 g/mol. The van der Waals surface area contributed by atoms with Gasteiger partial charge >= 0.3 is 18.2 Å². The highest BCUT2D eigenvalue weighted by Crippen LogP contribution is 2.29. The van der Waals surface area contributed by atoms with Gasteiger partial charge in [0.05, 0.1) is 18.7 Å². The summed E-state index contributed by atoms with van der Waals surface area (Å²) in [4.78, 5) is 55.3. The number of carboxylic acids is 1. The summed E-state index contributed by atoms with van der Waals surface area (Å²) in [6, 6.07) is 3.37. The number of rotatable bonds is 11. The number of phenols is 2. The number of fused-ring (bicyclic) bond motifs is 1. The third-order valence-electron chi connectivity index (χ3n) is 5.39. The van der Waals surface area contributed by atoms with E-state index < -0.39 is 64.4 Å². The number of phenolic OH excluding ortho intramolecular Hbond substituents is 2. The Morgan fingerprint density at radius 1 is 0.895 bits per heavy atom. The zero-order valence-electron chi connectivity index (χ0n) is 22.6. The number of amides is 2. The van der Waals surface area contributed by atoms with Crippen molar-refractivity contribution in [2.45, 2.75) is 64.5 Å². The first-order chi connectivity index (χ1) is 17.5. The maximum atomic E-state index is 13.1. The van der Waals surface area contributed by atoms with Gasteiger partial charge in [-0.25, -0.2) is 9.59 Å². The van der Waals surface area contributed by atoms with Crippen LogP contribution in [0.5, 0.6) is 11.5 Å². The molecule has 1 heterocycles. The number of pyridine rings is 1. The molecule has 1 aromatic heterocycles. The molecule has 3 N–H and O–H groups in total. The first-order valence-electron chi connectivity index (χ1n) is 12.0. The van der Waals surface area contributed by atoms with Gasteiger partial charge in [-0.3, -0.25) is 14.4 Å². The van der Waals surface area contributed by atoms with Gasteiger partial charge in [0.1, 0.15) is 13.2 Å². The van der Waals surface area contributed by atoms with Crippen LogP contribution in [0.2, 0.25) is 51.4 Å². The van der Waals surface area contributed by atoms with Gasteiger partial charge in [-0.2, -0.15) is 0 Å². The summed E-state index contributed by atoms with van der Waals surface area (Å²) >= 11 is 0. The number of aromatic hydroxyl groups is 2. The van der Waals surface area contributed by atoms with Crippen molar-refractivity contribution >= 4 is 45.2 Å². The van der Waals surface area contributed by atoms with Gasteiger partial charge in [0.2, 0.25) is 0 Å². The van der Waals surface area contributed by atoms with Crippen LogP contribution in [0, 0.1) is 0 Å². The SMILES string of the molecule is C[Si](C)(C)CCOC(=O)N(OCc1cn(CC(=O)O)c2cc(O)c(O)cc2c1=O)C(=O)OCC[Si](C)(C)C. The highest BCUT2D eigenvalue weighted by atomic mass is 28.3. The number of hydrogen-bond acceptors (Lipinski definition) is 9. The van der Waals surface area contributed by atoms with Gasteiger partial charge in [0, 0.05) is 39.4 Å². The molecule has 0 spiro atoms. The third-order valence-corrected chi connectivity index (χ3v) is 8.80. The molecule has 2 aromatic rings. The Kier molecular flexibility index (Phi) is 10.1. The lowest BCUT2D eigenvalue weighted by atomic mass is 10.1. The predicted molar refractivity (Wildman–Crippen MR) is 145 cm³/mol. The van der Waals surface area contributed by atoms with Gasteiger partial charge in [0.15, 0.2) is 16.9 Å². The number of ether oxygens (including phenoxy) is 2. The molecule has 2 amide bonds. The van der Waals surface area contributed by atoms with Gasteiger partial charge < -0.3 is 29.4 Å². The third kappa shape index (κ3) is 9.18. The molecule has 14 heteroatoms. The number of carboxylic acid groups (broad SMARTS) is 1. The topological polar surface area (TPSA) is 165 Å². The highest BCUT2D eigenvalue weighted by molar-refractivity contribution is 6.76. The zero-order chi connectivity index (χ0) is 28.8. The molecule has 0 radical (unpaired) electrons. The maximum Gasteiger partial charge on any atom is 0.444 e. The number of imide groups is 1. The molecule has 0 atom stereocenters. The summed E-state index contributed by atoms with van der Waals surface area (Å²) in [5, 5.41) is 29.2. The minimum atomic E-state index is -1.54. The fourth-order valence-electron chi connectivity index (χ4n) is 3.17. The zero-order valence-corrected chi connectivity index (χ0v) is 24.6. The molecule has 0 saturated carbocycles. The molecule has 0 aliphatic rings. The minimum Gasteiger partial charge on any atom is -0.504 e. The van der Waals surface area contributed by atoms with Gasteiger partial charge in [-0.05, 0) is 18.2 Å². The monoisotopic (exact) mass is 568 g/mol. The Balaban J connectivity index is 2.34. The van der Waals surface area contributed by atoms with Crippen molar-refractivity contribution in [1.29, 1.82) is 0 Å². The van der Waals surface area contributed by atoms with Crippen molar-refractivity contribution in [1.82, 2.24) is 9.63 Å². The van der Waals surface area contributed by atoms with Crippen LogP contribution < -0.4 is 5.43 Å². The lowest BCUT2D eigenvalue weighted by Gasteiger charge is -2.22. The molecule has 0 unspecified atom stereocenters. The molecule has 12 nitrogen and oxygen atoms in total. The molecule has 1 aromatic carbocycles. The Bertz CT molecular complexity index is 1220. The highest BCUT2D eigenvalue weighted by Gasteiger charge is 2.28. The Morgan fingerprint density at radius 2 is 1.39 bits per heavy atom. The van der Waals surface area contributed by atoms with E-state index >= 15 is 0 Å². The molecule has 0 saturated heterocycles. The number of carbonyl (C=O) groups is 3. The van der Waals surface area contributed by atoms with E-state index in [0.29, 0.717) is 17.2 Å². The van der Waals surface area contributed by atoms with Crippen LogP contribution >= 0.6 is 0 Å². The predicted octanol–water partition coefficient (Wildman–Crippen LogP) is 4.18. The molecule has 2 rings (SSSR count). The number of aromatic nitrogens is 1. The number of carbonyl (C=O) groups excluding carboxylic acids is 2. The molecule has 0 bridgehead atoms. The second-order valence-corrected chi connectivity index (χ2v) is 22.5. The van der Waals surface area contributed by atoms with Crippen LogP contribution in [0.15, 0.2) is 23.1 Å². The Labute approximate surface area is 222 Å². The van der Waals surface area contributed by atoms with Gasteiger partial charge in [0.25, 0.3) is 0 Å². The van der Waals surface area contributed by atoms with Crippen LogP contribution in [0.25, 0.3) is 10.9 Å². The Morgan fingerprint density at radius 3 is 1.87 bits per heavy atom. The van der Waals surface area contributed by atoms with Crippen molar-refractivity contribution in [3.8, 4) is 11.5 Å². The van der Waals surface area contributed by atoms with E-state index in [1.54, 1.807) is 0 Å². The standard InChI is InChI=1S/C24H36N2O10Si2/c1-37(2,3)9-7-34-23(32)26(24(33)35-8-10-38(4,5)6)36-15-16-13-25(14-21(29)30)18-12-20(28)19(27)11-17(18)22(16)31/h11-13,27-28H,7-10,14-15H2,1-6H3,(H,29,30). The number of hydrogen-bond donors (Lipinski definition) is 3. The normalized spacial score (nSPS) is 11.8. The van der Waals surface area contributed by atoms with Gasteiger partial charge in [-0.1, -0.05) is 44.3 Å². The average Bonchev–Trinajstić information content (AvgIpc) is 2.76. The van der Waals surface area contributed by atoms with E-state index in [2.05, 4.69) is 39.3 Å². The van der Waals surface area contributed by atoms with Crippen molar-refractivity contribution in [3.05, 3.63) is 34.1 Å². The second-order valence-electron chi connectivity index (χ2n) is 11.3. The van der Waals surface area contributed by atoms with E-state index in [1.165, 1.54) is 10.8 Å². The largest absolute Gasteiger partial charge is 0.504 e. The summed E-state index contributed by atoms with van der Waals surface area (Å²) < 4.78 is 11.6. The fourth-order valence-corrected chi connectivity index (χ4v) is 4.60. The number of aliphatic carboxylic acids is 1. The van der Waals surface area contributed by atoms with Gasteiger partial charge in [-0.15, -0.1) is 0 Å². The van der Waals surface area contributed by atoms with E-state index in [1.807, 2.05) is 0 Å². The maximum absolute atomic E-state index is 13.1. The first-order valence-corrected chi connectivity index (χ1v) is 19.5. The molecule has 0 fully saturated rings. The summed E-state index contributed by atoms with van der Waals surface area (Å²) in [5.41, 5.74) is -0.709. The van der Waals surface area contributed by atoms with E-state index in [0.717, 1.165) is 12.1 Å². The van der Waals surface area contributed by atoms with E-state index in [9.17, 15) is 34.5 Å². The quantitative estimate of drug-likeness (QED) is 0.203. The van der Waals surface area contributed by atoms with Crippen LogP contribution in [0.4, 0.5) is 9.59 Å². The summed E-state index contributed by atoms with van der Waals surface area (Å²) in [6.07, 6.45) is -1.02. The second kappa shape index (κ2) is 12.5. The summed E-state index contributed by atoms with van der Waals surface area (Å²) in [7, 11) is -3.08. The first kappa shape index (κ1) is 30.9. The van der Waals surface area contributed by atoms with Crippen LogP contribution in [0.1, 0.15) is 5.56 Å². The molecule has 0 aliphatic carbocycles. The summed E-state index contributed by atoms with van der Waals surface area (Å²) in [5.74, 6) is -2.34. The summed E-state index contributed by atoms with van der Waals surface area (Å²) in [6.45, 7) is 11.5. The number of nitrogens with zero attached hydrogens (tertiary/aromatic N) is 2. The Hall–Kier alpha value is -3.37. The van der Waals surface area contributed by atoms with Crippen molar-refractivity contribution < 1.29 is 44.0 Å². The van der Waals surface area contributed by atoms with E-state index in [-0.39, 0.29) is 29.7 Å². The lowest BCUT2D eigenvalue weighted by molar-refractivity contribution is -0.137. The van der Waals surface area contributed by atoms with Crippen LogP contribution in [0.3, 0.4) is 0 Å². The minimum absolute atomic E-state index is 0.0600. The fraction of sp³-hybridized carbons (Fsp3) is 0.500. The molecule has 38 heavy (non-hydrogen) atoms. The molecular weight excluding hydrogens is 532 g/mol. The smallest absolute Gasteiger partial charge is 0.444 e. The van der Waals surface area contributed by atoms with Crippen molar-refractivity contribution in [2.24, 2.45) is 0 Å². The van der Waals surface area contributed by atoms with Crippen LogP contribution in [-0.2, 0) is 32.3 Å². The van der Waals surface area contributed by atoms with Crippen molar-refractivity contribution in [3.63, 3.8) is 0 Å². The number of benzene rings is 1. The molecule has 0 aliphatic heterocycles. The lowest BCUT2D eigenvalue weighted by Crippen LogP contribution is -2.39. The van der Waals surface area contributed by atoms with Crippen molar-refractivity contribution in [2.75, 3.05) is 13.2 Å². The van der Waals surface area contributed by atoms with E-state index in [4.69, 9.17) is 14.3 Å². The molecular formula is C24H36N2O10Si2.